The number of carboxylic acids is 1. The molecule has 0 atom stereocenters. The summed E-state index contributed by atoms with van der Waals surface area (Å²) in [6.45, 7) is -0.706. The highest BCUT2D eigenvalue weighted by molar-refractivity contribution is 5.86. The Hall–Kier alpha value is -2.18. The summed E-state index contributed by atoms with van der Waals surface area (Å²) < 4.78 is 30.0. The second-order valence-electron chi connectivity index (χ2n) is 3.24. The van der Waals surface area contributed by atoms with E-state index in [0.29, 0.717) is 5.65 Å². The molecule has 0 saturated carbocycles. The van der Waals surface area contributed by atoms with Gasteiger partial charge in [-0.15, -0.1) is 0 Å². The maximum Gasteiger partial charge on any atom is 0.354 e. The van der Waals surface area contributed by atoms with Crippen LogP contribution in [0.4, 0.5) is 8.78 Å². The average Bonchev–Trinajstić information content (AvgIpc) is 2.69. The van der Waals surface area contributed by atoms with E-state index in [9.17, 15) is 13.6 Å². The molecule has 0 aromatic carbocycles. The predicted molar refractivity (Wildman–Crippen MR) is 53.7 cm³/mol. The van der Waals surface area contributed by atoms with Crippen LogP contribution >= 0.6 is 0 Å². The van der Waals surface area contributed by atoms with Gasteiger partial charge >= 0.3 is 5.97 Å². The topological polar surface area (TPSA) is 63.8 Å². The van der Waals surface area contributed by atoms with E-state index in [4.69, 9.17) is 9.84 Å². The number of carboxylic acid groups (broad SMARTS) is 1. The number of ether oxygens (including phenoxy) is 1. The average molecular weight is 242 g/mol. The van der Waals surface area contributed by atoms with Gasteiger partial charge in [-0.2, -0.15) is 0 Å². The number of alkyl halides is 2. The Morgan fingerprint density at radius 3 is 3.00 bits per heavy atom. The number of halogens is 2. The maximum absolute atomic E-state index is 11.9. The molecule has 2 aromatic heterocycles. The Bertz CT molecular complexity index is 553. The number of aromatic nitrogens is 2. The Kier molecular flexibility index (Phi) is 2.90. The Balaban J connectivity index is 2.29. The zero-order valence-corrected chi connectivity index (χ0v) is 8.51. The van der Waals surface area contributed by atoms with Crippen molar-refractivity contribution in [3.8, 4) is 5.75 Å². The van der Waals surface area contributed by atoms with Crippen LogP contribution in [0.2, 0.25) is 0 Å². The summed E-state index contributed by atoms with van der Waals surface area (Å²) in [5.41, 5.74) is 0.328. The van der Waals surface area contributed by atoms with Gasteiger partial charge in [-0.25, -0.2) is 18.6 Å². The van der Waals surface area contributed by atoms with Crippen LogP contribution in [0, 0.1) is 0 Å². The molecule has 7 heteroatoms. The van der Waals surface area contributed by atoms with Crippen LogP contribution in [0.3, 0.4) is 0 Å². The maximum atomic E-state index is 11.9. The van der Waals surface area contributed by atoms with Crippen LogP contribution in [0.5, 0.6) is 5.75 Å². The quantitative estimate of drug-likeness (QED) is 0.885. The van der Waals surface area contributed by atoms with Crippen LogP contribution in [0.15, 0.2) is 24.5 Å². The molecule has 0 aliphatic carbocycles. The summed E-state index contributed by atoms with van der Waals surface area (Å²) in [6, 6.07) is 2.80. The second-order valence-corrected chi connectivity index (χ2v) is 3.24. The minimum absolute atomic E-state index is 0.000379. The highest BCUT2D eigenvalue weighted by atomic mass is 19.3. The molecule has 0 bridgehead atoms. The number of fused-ring (bicyclic) bond motifs is 1. The number of rotatable bonds is 4. The monoisotopic (exact) mass is 242 g/mol. The molecule has 0 amide bonds. The van der Waals surface area contributed by atoms with Gasteiger partial charge in [-0.3, -0.25) is 4.40 Å². The highest BCUT2D eigenvalue weighted by Crippen LogP contribution is 2.16. The van der Waals surface area contributed by atoms with E-state index in [0.717, 1.165) is 0 Å². The minimum atomic E-state index is -2.56. The van der Waals surface area contributed by atoms with E-state index in [-0.39, 0.29) is 11.4 Å². The summed E-state index contributed by atoms with van der Waals surface area (Å²) in [5, 5.41) is 8.83. The van der Waals surface area contributed by atoms with Crippen molar-refractivity contribution >= 4 is 11.6 Å². The van der Waals surface area contributed by atoms with Gasteiger partial charge in [-0.05, 0) is 6.07 Å². The Morgan fingerprint density at radius 2 is 2.35 bits per heavy atom. The van der Waals surface area contributed by atoms with Crippen molar-refractivity contribution in [2.24, 2.45) is 0 Å². The number of carbonyl (C=O) groups is 1. The van der Waals surface area contributed by atoms with E-state index in [1.165, 1.54) is 28.9 Å². The number of imidazole rings is 1. The van der Waals surface area contributed by atoms with E-state index >= 15 is 0 Å². The van der Waals surface area contributed by atoms with Crippen LogP contribution < -0.4 is 4.74 Å². The largest absolute Gasteiger partial charge is 0.487 e. The first-order chi connectivity index (χ1) is 8.08. The molecule has 1 N–H and O–H groups in total. The SMILES string of the molecule is O=C(O)c1cnc2cc(OCC(F)F)ccn12. The molecule has 0 aliphatic heterocycles. The van der Waals surface area contributed by atoms with Gasteiger partial charge in [0.25, 0.3) is 6.43 Å². The molecular weight excluding hydrogens is 234 g/mol. The molecule has 0 unspecified atom stereocenters. The fraction of sp³-hybridized carbons (Fsp3) is 0.200. The first-order valence-corrected chi connectivity index (χ1v) is 4.69. The summed E-state index contributed by atoms with van der Waals surface area (Å²) in [4.78, 5) is 14.6. The lowest BCUT2D eigenvalue weighted by molar-refractivity contribution is 0.0689. The number of aromatic carboxylic acids is 1. The molecular formula is C10H8F2N2O3. The Morgan fingerprint density at radius 1 is 1.59 bits per heavy atom. The van der Waals surface area contributed by atoms with Gasteiger partial charge in [0, 0.05) is 12.3 Å². The second kappa shape index (κ2) is 4.36. The number of pyridine rings is 1. The van der Waals surface area contributed by atoms with Crippen LogP contribution in [0.1, 0.15) is 10.5 Å². The molecule has 2 aromatic rings. The zero-order chi connectivity index (χ0) is 12.4. The van der Waals surface area contributed by atoms with E-state index in [1.54, 1.807) is 0 Å². The minimum Gasteiger partial charge on any atom is -0.487 e. The third kappa shape index (κ3) is 2.32. The smallest absolute Gasteiger partial charge is 0.354 e. The molecule has 2 heterocycles. The molecule has 5 nitrogen and oxygen atoms in total. The fourth-order valence-electron chi connectivity index (χ4n) is 1.37. The first-order valence-electron chi connectivity index (χ1n) is 4.69. The molecule has 0 fully saturated rings. The molecule has 2 rings (SSSR count). The van der Waals surface area contributed by atoms with E-state index in [1.807, 2.05) is 0 Å². The van der Waals surface area contributed by atoms with Crippen LogP contribution in [-0.2, 0) is 0 Å². The van der Waals surface area contributed by atoms with Crippen molar-refractivity contribution in [2.45, 2.75) is 6.43 Å². The molecule has 0 spiro atoms. The third-order valence-corrected chi connectivity index (χ3v) is 2.08. The van der Waals surface area contributed by atoms with Crippen molar-refractivity contribution in [3.63, 3.8) is 0 Å². The van der Waals surface area contributed by atoms with Crippen LogP contribution in [0.25, 0.3) is 5.65 Å². The summed E-state index contributed by atoms with van der Waals surface area (Å²) in [7, 11) is 0. The predicted octanol–water partition coefficient (Wildman–Crippen LogP) is 1.68. The lowest BCUT2D eigenvalue weighted by Crippen LogP contribution is -2.07. The standard InChI is InChI=1S/C10H8F2N2O3/c11-8(12)5-17-6-1-2-14-7(10(15)16)4-13-9(14)3-6/h1-4,8H,5H2,(H,15,16). The number of hydrogen-bond donors (Lipinski definition) is 1. The lowest BCUT2D eigenvalue weighted by Gasteiger charge is -2.05. The molecule has 17 heavy (non-hydrogen) atoms. The fourth-order valence-corrected chi connectivity index (χ4v) is 1.37. The summed E-state index contributed by atoms with van der Waals surface area (Å²) in [5.74, 6) is -0.890. The number of hydrogen-bond acceptors (Lipinski definition) is 3. The normalized spacial score (nSPS) is 11.0. The van der Waals surface area contributed by atoms with Gasteiger partial charge in [0.1, 0.15) is 18.0 Å². The summed E-state index contributed by atoms with van der Waals surface area (Å²) in [6.07, 6.45) is 0.0433. The van der Waals surface area contributed by atoms with Crippen molar-refractivity contribution in [2.75, 3.05) is 6.61 Å². The van der Waals surface area contributed by atoms with Gasteiger partial charge in [0.05, 0.1) is 6.20 Å². The molecule has 90 valence electrons. The van der Waals surface area contributed by atoms with E-state index < -0.39 is 19.0 Å². The third-order valence-electron chi connectivity index (χ3n) is 2.08. The lowest BCUT2D eigenvalue weighted by atomic mass is 10.4. The van der Waals surface area contributed by atoms with Crippen molar-refractivity contribution in [1.29, 1.82) is 0 Å². The highest BCUT2D eigenvalue weighted by Gasteiger charge is 2.11. The van der Waals surface area contributed by atoms with Crippen molar-refractivity contribution in [1.82, 2.24) is 9.38 Å². The van der Waals surface area contributed by atoms with Gasteiger partial charge in [0.15, 0.2) is 5.69 Å². The first kappa shape index (κ1) is 11.3. The molecule has 0 radical (unpaired) electrons. The van der Waals surface area contributed by atoms with Crippen molar-refractivity contribution < 1.29 is 23.4 Å². The molecule has 0 saturated heterocycles. The van der Waals surface area contributed by atoms with Crippen LogP contribution in [-0.4, -0.2) is 33.5 Å². The summed E-state index contributed by atoms with van der Waals surface area (Å²) >= 11 is 0. The van der Waals surface area contributed by atoms with E-state index in [2.05, 4.69) is 4.98 Å². The van der Waals surface area contributed by atoms with Gasteiger partial charge in [0.2, 0.25) is 0 Å². The van der Waals surface area contributed by atoms with Gasteiger partial charge < -0.3 is 9.84 Å². The number of nitrogens with zero attached hydrogens (tertiary/aromatic N) is 2. The van der Waals surface area contributed by atoms with Gasteiger partial charge in [-0.1, -0.05) is 0 Å². The molecule has 0 aliphatic rings. The zero-order valence-electron chi connectivity index (χ0n) is 8.51. The van der Waals surface area contributed by atoms with Crippen molar-refractivity contribution in [3.05, 3.63) is 30.2 Å². The Labute approximate surface area is 94.3 Å².